The van der Waals surface area contributed by atoms with Crippen molar-refractivity contribution in [3.63, 3.8) is 0 Å². The van der Waals surface area contributed by atoms with E-state index in [0.29, 0.717) is 5.92 Å². The molecule has 1 aromatic heterocycles. The molecule has 0 saturated heterocycles. The summed E-state index contributed by atoms with van der Waals surface area (Å²) in [6.45, 7) is 0. The van der Waals surface area contributed by atoms with E-state index in [1.165, 1.54) is 16.4 Å². The molecule has 76 valence electrons. The van der Waals surface area contributed by atoms with Crippen LogP contribution in [0.4, 0.5) is 0 Å². The average molecular weight is 375 g/mol. The monoisotopic (exact) mass is 374 g/mol. The second kappa shape index (κ2) is 3.66. The Morgan fingerprint density at radius 2 is 2.07 bits per heavy atom. The molecule has 0 N–H and O–H groups in total. The van der Waals surface area contributed by atoms with E-state index in [0.717, 1.165) is 21.3 Å². The van der Waals surface area contributed by atoms with Crippen LogP contribution in [0.15, 0.2) is 22.8 Å². The van der Waals surface area contributed by atoms with Crippen molar-refractivity contribution in [2.24, 2.45) is 0 Å². The Hall–Kier alpha value is -0.230. The summed E-state index contributed by atoms with van der Waals surface area (Å²) >= 11 is 5.83. The van der Waals surface area contributed by atoms with Gasteiger partial charge in [-0.05, 0) is 69.6 Å². The van der Waals surface area contributed by atoms with Gasteiger partial charge in [0.25, 0.3) is 0 Å². The van der Waals surface area contributed by atoms with Crippen molar-refractivity contribution in [1.82, 2.24) is 9.97 Å². The Bertz CT molecular complexity index is 537. The standard InChI is InChI=1S/C11H8BrIN2/c12-10-8-5-7(13)3-4-9(8)14-11(15-10)6-1-2-6/h3-6H,1-2H2. The molecule has 1 saturated carbocycles. The lowest BCUT2D eigenvalue weighted by Gasteiger charge is -2.03. The smallest absolute Gasteiger partial charge is 0.133 e. The zero-order valence-corrected chi connectivity index (χ0v) is 11.6. The Morgan fingerprint density at radius 1 is 1.27 bits per heavy atom. The minimum absolute atomic E-state index is 0.602. The van der Waals surface area contributed by atoms with Crippen LogP contribution in [0.2, 0.25) is 0 Å². The van der Waals surface area contributed by atoms with E-state index < -0.39 is 0 Å². The van der Waals surface area contributed by atoms with Gasteiger partial charge in [0.05, 0.1) is 5.52 Å². The van der Waals surface area contributed by atoms with Crippen molar-refractivity contribution in [3.8, 4) is 0 Å². The Kier molecular flexibility index (Phi) is 2.43. The van der Waals surface area contributed by atoms with Crippen LogP contribution in [0.1, 0.15) is 24.6 Å². The molecule has 0 unspecified atom stereocenters. The van der Waals surface area contributed by atoms with E-state index in [-0.39, 0.29) is 0 Å². The van der Waals surface area contributed by atoms with Gasteiger partial charge in [0.2, 0.25) is 0 Å². The SMILES string of the molecule is Brc1nc(C2CC2)nc2ccc(I)cc12. The summed E-state index contributed by atoms with van der Waals surface area (Å²) in [5, 5.41) is 1.10. The van der Waals surface area contributed by atoms with Crippen molar-refractivity contribution >= 4 is 49.4 Å². The highest BCUT2D eigenvalue weighted by atomic mass is 127. The number of fused-ring (bicyclic) bond motifs is 1. The Labute approximate surface area is 110 Å². The number of hydrogen-bond donors (Lipinski definition) is 0. The number of hydrogen-bond acceptors (Lipinski definition) is 2. The molecule has 1 fully saturated rings. The highest BCUT2D eigenvalue weighted by Gasteiger charge is 2.27. The summed E-state index contributed by atoms with van der Waals surface area (Å²) in [4.78, 5) is 9.10. The van der Waals surface area contributed by atoms with Crippen molar-refractivity contribution in [3.05, 3.63) is 32.2 Å². The van der Waals surface area contributed by atoms with Gasteiger partial charge >= 0.3 is 0 Å². The van der Waals surface area contributed by atoms with Gasteiger partial charge in [-0.25, -0.2) is 9.97 Å². The van der Waals surface area contributed by atoms with Crippen molar-refractivity contribution < 1.29 is 0 Å². The van der Waals surface area contributed by atoms with Crippen LogP contribution in [0.5, 0.6) is 0 Å². The predicted octanol–water partition coefficient (Wildman–Crippen LogP) is 3.87. The first kappa shape index (κ1) is 9.96. The first-order chi connectivity index (χ1) is 7.24. The third-order valence-corrected chi connectivity index (χ3v) is 3.85. The number of aromatic nitrogens is 2. The molecule has 2 aromatic rings. The highest BCUT2D eigenvalue weighted by Crippen LogP contribution is 2.39. The van der Waals surface area contributed by atoms with Crippen LogP contribution in [0, 0.1) is 3.57 Å². The molecule has 0 atom stereocenters. The lowest BCUT2D eigenvalue weighted by Crippen LogP contribution is -1.94. The second-order valence-corrected chi connectivity index (χ2v) is 5.81. The van der Waals surface area contributed by atoms with Crippen LogP contribution in [-0.2, 0) is 0 Å². The largest absolute Gasteiger partial charge is 0.233 e. The van der Waals surface area contributed by atoms with Gasteiger partial charge < -0.3 is 0 Å². The number of nitrogens with zero attached hydrogens (tertiary/aromatic N) is 2. The zero-order valence-electron chi connectivity index (χ0n) is 7.87. The maximum absolute atomic E-state index is 4.59. The van der Waals surface area contributed by atoms with Gasteiger partial charge in [0, 0.05) is 14.9 Å². The minimum atomic E-state index is 0.602. The normalized spacial score (nSPS) is 15.9. The van der Waals surface area contributed by atoms with Crippen molar-refractivity contribution in [1.29, 1.82) is 0 Å². The second-order valence-electron chi connectivity index (χ2n) is 3.81. The fourth-order valence-corrected chi connectivity index (χ4v) is 2.59. The van der Waals surface area contributed by atoms with Crippen LogP contribution in [0.25, 0.3) is 10.9 Å². The van der Waals surface area contributed by atoms with Crippen LogP contribution < -0.4 is 0 Å². The third kappa shape index (κ3) is 1.89. The molecule has 0 bridgehead atoms. The molecule has 2 nitrogen and oxygen atoms in total. The fraction of sp³-hybridized carbons (Fsp3) is 0.273. The third-order valence-electron chi connectivity index (χ3n) is 2.57. The summed E-state index contributed by atoms with van der Waals surface area (Å²) in [5.74, 6) is 1.60. The minimum Gasteiger partial charge on any atom is -0.233 e. The topological polar surface area (TPSA) is 25.8 Å². The fourth-order valence-electron chi connectivity index (χ4n) is 1.60. The number of benzene rings is 1. The quantitative estimate of drug-likeness (QED) is 0.559. The van der Waals surface area contributed by atoms with E-state index in [4.69, 9.17) is 0 Å². The molecule has 1 aliphatic carbocycles. The molecule has 15 heavy (non-hydrogen) atoms. The van der Waals surface area contributed by atoms with E-state index in [1.54, 1.807) is 0 Å². The maximum atomic E-state index is 4.59. The molecule has 0 spiro atoms. The summed E-state index contributed by atoms with van der Waals surface area (Å²) in [7, 11) is 0. The van der Waals surface area contributed by atoms with Gasteiger partial charge in [-0.2, -0.15) is 0 Å². The zero-order chi connectivity index (χ0) is 10.4. The first-order valence-electron chi connectivity index (χ1n) is 4.87. The summed E-state index contributed by atoms with van der Waals surface area (Å²) < 4.78 is 2.14. The van der Waals surface area contributed by atoms with Gasteiger partial charge in [0.15, 0.2) is 0 Å². The number of halogens is 2. The molecular formula is C11H8BrIN2. The Balaban J connectivity index is 2.26. The molecule has 1 aromatic carbocycles. The van der Waals surface area contributed by atoms with Crippen LogP contribution in [0.3, 0.4) is 0 Å². The van der Waals surface area contributed by atoms with E-state index in [9.17, 15) is 0 Å². The summed E-state index contributed by atoms with van der Waals surface area (Å²) in [6.07, 6.45) is 2.48. The van der Waals surface area contributed by atoms with Gasteiger partial charge in [0.1, 0.15) is 10.4 Å². The van der Waals surface area contributed by atoms with Crippen molar-refractivity contribution in [2.45, 2.75) is 18.8 Å². The molecule has 0 aliphatic heterocycles. The van der Waals surface area contributed by atoms with E-state index in [2.05, 4.69) is 66.7 Å². The summed E-state index contributed by atoms with van der Waals surface area (Å²) in [5.41, 5.74) is 1.04. The Morgan fingerprint density at radius 3 is 2.80 bits per heavy atom. The molecule has 3 rings (SSSR count). The summed E-state index contributed by atoms with van der Waals surface area (Å²) in [6, 6.07) is 6.26. The predicted molar refractivity (Wildman–Crippen MR) is 71.9 cm³/mol. The maximum Gasteiger partial charge on any atom is 0.133 e. The average Bonchev–Trinajstić information content (AvgIpc) is 3.02. The molecule has 1 heterocycles. The molecule has 1 aliphatic rings. The van der Waals surface area contributed by atoms with Crippen molar-refractivity contribution in [2.75, 3.05) is 0 Å². The number of rotatable bonds is 1. The molecular weight excluding hydrogens is 367 g/mol. The molecule has 0 radical (unpaired) electrons. The molecule has 0 amide bonds. The van der Waals surface area contributed by atoms with E-state index in [1.807, 2.05) is 0 Å². The molecule has 4 heteroatoms. The lowest BCUT2D eigenvalue weighted by atomic mass is 10.2. The van der Waals surface area contributed by atoms with Crippen LogP contribution >= 0.6 is 38.5 Å². The lowest BCUT2D eigenvalue weighted by molar-refractivity contribution is 0.938. The van der Waals surface area contributed by atoms with Gasteiger partial charge in [-0.15, -0.1) is 0 Å². The van der Waals surface area contributed by atoms with Gasteiger partial charge in [-0.1, -0.05) is 0 Å². The first-order valence-corrected chi connectivity index (χ1v) is 6.74. The van der Waals surface area contributed by atoms with E-state index >= 15 is 0 Å². The van der Waals surface area contributed by atoms with Gasteiger partial charge in [-0.3, -0.25) is 0 Å². The van der Waals surface area contributed by atoms with Crippen LogP contribution in [-0.4, -0.2) is 9.97 Å². The highest BCUT2D eigenvalue weighted by molar-refractivity contribution is 14.1.